The summed E-state index contributed by atoms with van der Waals surface area (Å²) in [7, 11) is 0. The van der Waals surface area contributed by atoms with E-state index in [1.165, 1.54) is 49.3 Å². The lowest BCUT2D eigenvalue weighted by molar-refractivity contribution is 0.578. The Bertz CT molecular complexity index is 513. The second-order valence-corrected chi connectivity index (χ2v) is 5.43. The molecular formula is C18H22N2. The molecule has 0 unspecified atom stereocenters. The van der Waals surface area contributed by atoms with E-state index in [1.54, 1.807) is 0 Å². The standard InChI is InChI=1S/C18H22N2/c1-3-7-16(8-4-1)15-19-17-9-11-18(12-10-17)20-13-5-2-6-14-20/h1,3-4,7-12,19H,2,5-6,13-15H2. The topological polar surface area (TPSA) is 15.3 Å². The number of hydrogen-bond acceptors (Lipinski definition) is 2. The zero-order valence-electron chi connectivity index (χ0n) is 11.9. The Hall–Kier alpha value is -1.96. The van der Waals surface area contributed by atoms with E-state index in [1.807, 2.05) is 0 Å². The maximum atomic E-state index is 3.47. The van der Waals surface area contributed by atoms with Crippen molar-refractivity contribution < 1.29 is 0 Å². The summed E-state index contributed by atoms with van der Waals surface area (Å²) >= 11 is 0. The fourth-order valence-corrected chi connectivity index (χ4v) is 2.74. The Morgan fingerprint density at radius 2 is 1.50 bits per heavy atom. The van der Waals surface area contributed by atoms with Gasteiger partial charge in [0, 0.05) is 31.0 Å². The number of nitrogens with one attached hydrogen (secondary N) is 1. The molecule has 104 valence electrons. The Kier molecular flexibility index (Phi) is 4.22. The predicted molar refractivity (Wildman–Crippen MR) is 86.3 cm³/mol. The molecule has 0 aromatic heterocycles. The van der Waals surface area contributed by atoms with E-state index in [4.69, 9.17) is 0 Å². The lowest BCUT2D eigenvalue weighted by atomic mass is 10.1. The number of rotatable bonds is 4. The zero-order valence-corrected chi connectivity index (χ0v) is 11.9. The molecule has 2 nitrogen and oxygen atoms in total. The molecule has 0 saturated carbocycles. The van der Waals surface area contributed by atoms with Crippen LogP contribution in [0.4, 0.5) is 11.4 Å². The quantitative estimate of drug-likeness (QED) is 0.888. The van der Waals surface area contributed by atoms with Gasteiger partial charge in [0.15, 0.2) is 0 Å². The van der Waals surface area contributed by atoms with Crippen molar-refractivity contribution in [3.05, 3.63) is 60.2 Å². The highest BCUT2D eigenvalue weighted by Crippen LogP contribution is 2.22. The third-order valence-corrected chi connectivity index (χ3v) is 3.93. The molecule has 1 N–H and O–H groups in total. The summed E-state index contributed by atoms with van der Waals surface area (Å²) in [6.07, 6.45) is 4.04. The van der Waals surface area contributed by atoms with E-state index >= 15 is 0 Å². The highest BCUT2D eigenvalue weighted by molar-refractivity contribution is 5.55. The van der Waals surface area contributed by atoms with E-state index in [-0.39, 0.29) is 0 Å². The number of piperidine rings is 1. The van der Waals surface area contributed by atoms with Crippen molar-refractivity contribution in [2.75, 3.05) is 23.3 Å². The summed E-state index contributed by atoms with van der Waals surface area (Å²) in [5.41, 5.74) is 3.86. The molecule has 0 bridgehead atoms. The number of benzene rings is 2. The maximum absolute atomic E-state index is 3.47. The monoisotopic (exact) mass is 266 g/mol. The molecule has 1 heterocycles. The average Bonchev–Trinajstić information content (AvgIpc) is 2.55. The van der Waals surface area contributed by atoms with Gasteiger partial charge in [-0.15, -0.1) is 0 Å². The molecule has 0 aliphatic carbocycles. The van der Waals surface area contributed by atoms with Gasteiger partial charge in [0.25, 0.3) is 0 Å². The minimum atomic E-state index is 0.879. The Morgan fingerprint density at radius 3 is 2.20 bits per heavy atom. The summed E-state index contributed by atoms with van der Waals surface area (Å²) < 4.78 is 0. The molecule has 20 heavy (non-hydrogen) atoms. The van der Waals surface area contributed by atoms with Gasteiger partial charge in [-0.3, -0.25) is 0 Å². The Morgan fingerprint density at radius 1 is 0.800 bits per heavy atom. The van der Waals surface area contributed by atoms with Gasteiger partial charge >= 0.3 is 0 Å². The fraction of sp³-hybridized carbons (Fsp3) is 0.333. The molecule has 1 aliphatic heterocycles. The zero-order chi connectivity index (χ0) is 13.6. The number of hydrogen-bond donors (Lipinski definition) is 1. The summed E-state index contributed by atoms with van der Waals surface area (Å²) in [6, 6.07) is 19.4. The van der Waals surface area contributed by atoms with Gasteiger partial charge in [0.2, 0.25) is 0 Å². The molecule has 3 rings (SSSR count). The van der Waals surface area contributed by atoms with Crippen LogP contribution in [0.1, 0.15) is 24.8 Å². The molecule has 0 spiro atoms. The van der Waals surface area contributed by atoms with E-state index in [2.05, 4.69) is 64.8 Å². The lowest BCUT2D eigenvalue weighted by Crippen LogP contribution is -2.29. The van der Waals surface area contributed by atoms with Crippen LogP contribution < -0.4 is 10.2 Å². The first kappa shape index (κ1) is 13.0. The van der Waals surface area contributed by atoms with Crippen LogP contribution in [0.25, 0.3) is 0 Å². The number of nitrogens with zero attached hydrogens (tertiary/aromatic N) is 1. The highest BCUT2D eigenvalue weighted by atomic mass is 15.1. The molecule has 1 saturated heterocycles. The Labute approximate surface area is 121 Å². The van der Waals surface area contributed by atoms with Gasteiger partial charge in [-0.05, 0) is 49.1 Å². The van der Waals surface area contributed by atoms with Crippen LogP contribution in [0.3, 0.4) is 0 Å². The fourth-order valence-electron chi connectivity index (χ4n) is 2.74. The van der Waals surface area contributed by atoms with Gasteiger partial charge in [0.05, 0.1) is 0 Å². The molecule has 1 aliphatic rings. The summed E-state index contributed by atoms with van der Waals surface area (Å²) in [4.78, 5) is 2.49. The number of anilines is 2. The smallest absolute Gasteiger partial charge is 0.0400 e. The normalized spacial score (nSPS) is 15.1. The molecule has 2 aromatic carbocycles. The van der Waals surface area contributed by atoms with Crippen LogP contribution in [-0.4, -0.2) is 13.1 Å². The first-order valence-corrected chi connectivity index (χ1v) is 7.55. The van der Waals surface area contributed by atoms with Gasteiger partial charge < -0.3 is 10.2 Å². The average molecular weight is 266 g/mol. The SMILES string of the molecule is c1ccc(CNc2ccc(N3CCCCC3)cc2)cc1. The predicted octanol–water partition coefficient (Wildman–Crippen LogP) is 4.29. The van der Waals surface area contributed by atoms with Crippen LogP contribution in [0.2, 0.25) is 0 Å². The lowest BCUT2D eigenvalue weighted by Gasteiger charge is -2.28. The third kappa shape index (κ3) is 3.32. The van der Waals surface area contributed by atoms with Gasteiger partial charge in [0.1, 0.15) is 0 Å². The minimum Gasteiger partial charge on any atom is -0.381 e. The largest absolute Gasteiger partial charge is 0.381 e. The highest BCUT2D eigenvalue weighted by Gasteiger charge is 2.10. The van der Waals surface area contributed by atoms with Crippen molar-refractivity contribution in [2.45, 2.75) is 25.8 Å². The van der Waals surface area contributed by atoms with Crippen LogP contribution >= 0.6 is 0 Å². The second-order valence-electron chi connectivity index (χ2n) is 5.43. The first-order valence-electron chi connectivity index (χ1n) is 7.55. The Balaban J connectivity index is 1.58. The van der Waals surface area contributed by atoms with Crippen molar-refractivity contribution >= 4 is 11.4 Å². The van der Waals surface area contributed by atoms with E-state index < -0.39 is 0 Å². The minimum absolute atomic E-state index is 0.879. The third-order valence-electron chi connectivity index (χ3n) is 3.93. The van der Waals surface area contributed by atoms with Crippen LogP contribution in [-0.2, 0) is 6.54 Å². The maximum Gasteiger partial charge on any atom is 0.0400 e. The van der Waals surface area contributed by atoms with Crippen LogP contribution in [0.15, 0.2) is 54.6 Å². The van der Waals surface area contributed by atoms with Crippen LogP contribution in [0.5, 0.6) is 0 Å². The molecule has 2 heteroatoms. The van der Waals surface area contributed by atoms with Gasteiger partial charge in [-0.25, -0.2) is 0 Å². The van der Waals surface area contributed by atoms with Crippen LogP contribution in [0, 0.1) is 0 Å². The molecule has 0 amide bonds. The second kappa shape index (κ2) is 6.47. The molecular weight excluding hydrogens is 244 g/mol. The summed E-state index contributed by atoms with van der Waals surface area (Å²) in [6.45, 7) is 3.29. The van der Waals surface area contributed by atoms with Gasteiger partial charge in [-0.2, -0.15) is 0 Å². The van der Waals surface area contributed by atoms with Crippen molar-refractivity contribution in [3.8, 4) is 0 Å². The molecule has 0 atom stereocenters. The van der Waals surface area contributed by atoms with Crippen molar-refractivity contribution in [1.82, 2.24) is 0 Å². The van der Waals surface area contributed by atoms with Crippen molar-refractivity contribution in [3.63, 3.8) is 0 Å². The van der Waals surface area contributed by atoms with Crippen molar-refractivity contribution in [1.29, 1.82) is 0 Å². The van der Waals surface area contributed by atoms with Crippen molar-refractivity contribution in [2.24, 2.45) is 0 Å². The van der Waals surface area contributed by atoms with E-state index in [0.717, 1.165) is 6.54 Å². The molecule has 0 radical (unpaired) electrons. The van der Waals surface area contributed by atoms with Gasteiger partial charge in [-0.1, -0.05) is 30.3 Å². The van der Waals surface area contributed by atoms with E-state index in [9.17, 15) is 0 Å². The summed E-state index contributed by atoms with van der Waals surface area (Å²) in [5.74, 6) is 0. The van der Waals surface area contributed by atoms with E-state index in [0.29, 0.717) is 0 Å². The molecule has 2 aromatic rings. The first-order chi connectivity index (χ1) is 9.92. The molecule has 1 fully saturated rings. The summed E-state index contributed by atoms with van der Waals surface area (Å²) in [5, 5.41) is 3.47.